The van der Waals surface area contributed by atoms with Crippen LogP contribution < -0.4 is 4.74 Å². The molecule has 6 nitrogen and oxygen atoms in total. The summed E-state index contributed by atoms with van der Waals surface area (Å²) in [6, 6.07) is 14.3. The van der Waals surface area contributed by atoms with E-state index in [2.05, 4.69) is 33.4 Å². The van der Waals surface area contributed by atoms with Crippen LogP contribution in [0, 0.1) is 0 Å². The minimum Gasteiger partial charge on any atom is -0.497 e. The summed E-state index contributed by atoms with van der Waals surface area (Å²) in [6.07, 6.45) is 1.12. The van der Waals surface area contributed by atoms with Crippen LogP contribution in [0.4, 0.5) is 0 Å². The maximum absolute atomic E-state index is 5.95. The normalized spacial score (nSPS) is 18.5. The van der Waals surface area contributed by atoms with Crippen molar-refractivity contribution in [3.63, 3.8) is 0 Å². The zero-order valence-corrected chi connectivity index (χ0v) is 14.2. The first-order valence-corrected chi connectivity index (χ1v) is 8.48. The van der Waals surface area contributed by atoms with Crippen LogP contribution in [0.25, 0.3) is 11.0 Å². The van der Waals surface area contributed by atoms with E-state index in [-0.39, 0.29) is 6.10 Å². The number of methoxy groups -OCH3 is 1. The van der Waals surface area contributed by atoms with Crippen LogP contribution in [-0.2, 0) is 17.7 Å². The molecule has 1 aliphatic heterocycles. The fourth-order valence-electron chi connectivity index (χ4n) is 3.26. The highest BCUT2D eigenvalue weighted by Gasteiger charge is 2.21. The van der Waals surface area contributed by atoms with Gasteiger partial charge in [0.05, 0.1) is 19.8 Å². The molecule has 0 amide bonds. The number of fused-ring (bicyclic) bond motifs is 1. The Bertz CT molecular complexity index is 831. The molecular weight excluding hydrogens is 318 g/mol. The zero-order chi connectivity index (χ0) is 17.1. The van der Waals surface area contributed by atoms with E-state index in [1.807, 2.05) is 24.3 Å². The smallest absolute Gasteiger partial charge is 0.135 e. The Morgan fingerprint density at radius 2 is 1.88 bits per heavy atom. The van der Waals surface area contributed by atoms with Crippen LogP contribution in [0.3, 0.4) is 0 Å². The number of benzene rings is 2. The van der Waals surface area contributed by atoms with E-state index in [9.17, 15) is 0 Å². The lowest BCUT2D eigenvalue weighted by atomic mass is 10.1. The van der Waals surface area contributed by atoms with Gasteiger partial charge in [0.15, 0.2) is 0 Å². The molecule has 1 atom stereocenters. The van der Waals surface area contributed by atoms with Gasteiger partial charge in [-0.15, -0.1) is 0 Å². The van der Waals surface area contributed by atoms with Gasteiger partial charge in [0.2, 0.25) is 0 Å². The van der Waals surface area contributed by atoms with Crippen molar-refractivity contribution in [2.75, 3.05) is 26.8 Å². The molecule has 1 saturated heterocycles. The average molecular weight is 339 g/mol. The monoisotopic (exact) mass is 339 g/mol. The molecule has 4 rings (SSSR count). The maximum atomic E-state index is 5.95. The van der Waals surface area contributed by atoms with Gasteiger partial charge < -0.3 is 9.47 Å². The van der Waals surface area contributed by atoms with Crippen LogP contribution in [-0.4, -0.2) is 48.1 Å². The molecule has 0 bridgehead atoms. The van der Waals surface area contributed by atoms with Crippen molar-refractivity contribution in [1.29, 1.82) is 0 Å². The predicted octanol–water partition coefficient (Wildman–Crippen LogP) is 2.67. The van der Waals surface area contributed by atoms with Crippen molar-refractivity contribution in [2.24, 2.45) is 0 Å². The Morgan fingerprint density at radius 1 is 1.08 bits per heavy atom. The lowest BCUT2D eigenvalue weighted by Gasteiger charge is -2.33. The van der Waals surface area contributed by atoms with E-state index in [4.69, 9.17) is 14.1 Å². The van der Waals surface area contributed by atoms with Crippen molar-refractivity contribution in [3.05, 3.63) is 53.6 Å². The molecule has 3 aromatic rings. The summed E-state index contributed by atoms with van der Waals surface area (Å²) in [5.74, 6) is 0.882. The van der Waals surface area contributed by atoms with Gasteiger partial charge in [-0.3, -0.25) is 4.90 Å². The van der Waals surface area contributed by atoms with E-state index in [1.165, 1.54) is 11.1 Å². The number of ether oxygens (including phenoxy) is 2. The Kier molecular flexibility index (Phi) is 4.63. The summed E-state index contributed by atoms with van der Waals surface area (Å²) in [5.41, 5.74) is 4.08. The summed E-state index contributed by atoms with van der Waals surface area (Å²) in [5, 5.41) is 7.77. The van der Waals surface area contributed by atoms with Gasteiger partial charge in [-0.25, -0.2) is 4.63 Å². The largest absolute Gasteiger partial charge is 0.497 e. The molecule has 2 heterocycles. The third kappa shape index (κ3) is 3.81. The summed E-state index contributed by atoms with van der Waals surface area (Å²) >= 11 is 0. The van der Waals surface area contributed by atoms with Crippen LogP contribution >= 0.6 is 0 Å². The topological polar surface area (TPSA) is 60.6 Å². The van der Waals surface area contributed by atoms with Crippen LogP contribution in [0.15, 0.2) is 47.1 Å². The molecule has 6 heteroatoms. The summed E-state index contributed by atoms with van der Waals surface area (Å²) in [4.78, 5) is 2.42. The summed E-state index contributed by atoms with van der Waals surface area (Å²) in [6.45, 7) is 3.50. The van der Waals surface area contributed by atoms with Gasteiger partial charge >= 0.3 is 0 Å². The first-order chi connectivity index (χ1) is 12.3. The fourth-order valence-corrected chi connectivity index (χ4v) is 3.26. The zero-order valence-electron chi connectivity index (χ0n) is 14.2. The highest BCUT2D eigenvalue weighted by atomic mass is 16.6. The molecule has 1 aliphatic rings. The molecule has 0 N–H and O–H groups in total. The number of hydrogen-bond acceptors (Lipinski definition) is 6. The van der Waals surface area contributed by atoms with Gasteiger partial charge in [0.25, 0.3) is 0 Å². The lowest BCUT2D eigenvalue weighted by molar-refractivity contribution is -0.0304. The van der Waals surface area contributed by atoms with Crippen molar-refractivity contribution < 1.29 is 14.1 Å². The molecule has 2 aromatic carbocycles. The first kappa shape index (κ1) is 16.1. The second-order valence-electron chi connectivity index (χ2n) is 6.37. The summed E-state index contributed by atoms with van der Waals surface area (Å²) in [7, 11) is 1.68. The third-order valence-corrected chi connectivity index (χ3v) is 4.57. The number of nitrogens with zero attached hydrogens (tertiary/aromatic N) is 3. The fraction of sp³-hybridized carbons (Fsp3) is 0.368. The van der Waals surface area contributed by atoms with Gasteiger partial charge in [-0.2, -0.15) is 0 Å². The molecule has 0 radical (unpaired) electrons. The van der Waals surface area contributed by atoms with E-state index in [0.717, 1.165) is 49.4 Å². The number of aromatic nitrogens is 2. The minimum atomic E-state index is 0.208. The third-order valence-electron chi connectivity index (χ3n) is 4.57. The Hall–Kier alpha value is -2.44. The molecule has 0 saturated carbocycles. The molecule has 0 unspecified atom stereocenters. The SMILES string of the molecule is COc1ccc(C[C@H]2CN(Cc3ccc4nonc4c3)CCO2)cc1. The second kappa shape index (κ2) is 7.21. The number of morpholine rings is 1. The highest BCUT2D eigenvalue weighted by Crippen LogP contribution is 2.18. The summed E-state index contributed by atoms with van der Waals surface area (Å²) < 4.78 is 15.9. The van der Waals surface area contributed by atoms with Gasteiger partial charge in [-0.1, -0.05) is 18.2 Å². The molecule has 25 heavy (non-hydrogen) atoms. The van der Waals surface area contributed by atoms with Crippen molar-refractivity contribution >= 4 is 11.0 Å². The minimum absolute atomic E-state index is 0.208. The molecule has 1 aromatic heterocycles. The highest BCUT2D eigenvalue weighted by molar-refractivity contribution is 5.73. The van der Waals surface area contributed by atoms with Crippen LogP contribution in [0.5, 0.6) is 5.75 Å². The average Bonchev–Trinajstić information content (AvgIpc) is 3.10. The van der Waals surface area contributed by atoms with E-state index in [0.29, 0.717) is 0 Å². The Balaban J connectivity index is 1.38. The van der Waals surface area contributed by atoms with E-state index >= 15 is 0 Å². The molecule has 0 spiro atoms. The van der Waals surface area contributed by atoms with E-state index < -0.39 is 0 Å². The van der Waals surface area contributed by atoms with Crippen molar-refractivity contribution in [1.82, 2.24) is 15.2 Å². The van der Waals surface area contributed by atoms with Crippen molar-refractivity contribution in [2.45, 2.75) is 19.1 Å². The van der Waals surface area contributed by atoms with E-state index in [1.54, 1.807) is 7.11 Å². The Morgan fingerprint density at radius 3 is 2.72 bits per heavy atom. The predicted molar refractivity (Wildman–Crippen MR) is 93.5 cm³/mol. The number of hydrogen-bond donors (Lipinski definition) is 0. The van der Waals surface area contributed by atoms with Crippen LogP contribution in [0.2, 0.25) is 0 Å². The standard InChI is InChI=1S/C19H21N3O3/c1-23-16-5-2-14(3-6-16)10-17-13-22(8-9-24-17)12-15-4-7-18-19(11-15)21-25-20-18/h2-7,11,17H,8-10,12-13H2,1H3/t17-/m0/s1. The quantitative estimate of drug-likeness (QED) is 0.712. The van der Waals surface area contributed by atoms with Crippen molar-refractivity contribution in [3.8, 4) is 5.75 Å². The van der Waals surface area contributed by atoms with Gasteiger partial charge in [0.1, 0.15) is 16.8 Å². The number of rotatable bonds is 5. The Labute approximate surface area is 146 Å². The molecular formula is C19H21N3O3. The van der Waals surface area contributed by atoms with Gasteiger partial charge in [-0.05, 0) is 52.1 Å². The maximum Gasteiger partial charge on any atom is 0.135 e. The molecule has 130 valence electrons. The van der Waals surface area contributed by atoms with Gasteiger partial charge in [0, 0.05) is 19.6 Å². The second-order valence-corrected chi connectivity index (χ2v) is 6.37. The molecule has 1 fully saturated rings. The molecule has 0 aliphatic carbocycles. The lowest BCUT2D eigenvalue weighted by Crippen LogP contribution is -2.42. The first-order valence-electron chi connectivity index (χ1n) is 8.48. The van der Waals surface area contributed by atoms with Crippen LogP contribution in [0.1, 0.15) is 11.1 Å².